The summed E-state index contributed by atoms with van der Waals surface area (Å²) in [6.45, 7) is 15.1. The van der Waals surface area contributed by atoms with E-state index in [1.807, 2.05) is 0 Å². The first-order valence-electron chi connectivity index (χ1n) is 5.22. The Balaban J connectivity index is 4.01. The molecule has 0 aromatic carbocycles. The standard InChI is InChI=1S/C12H25NO/c1-7-10(14)8-13-12(5,6)9-11(2,3)4/h7,10,13-14H,1,8-9H2,2-6H3. The summed E-state index contributed by atoms with van der Waals surface area (Å²) in [7, 11) is 0. The van der Waals surface area contributed by atoms with Crippen molar-refractivity contribution in [2.24, 2.45) is 5.41 Å². The Morgan fingerprint density at radius 3 is 2.14 bits per heavy atom. The van der Waals surface area contributed by atoms with Crippen LogP contribution < -0.4 is 5.32 Å². The van der Waals surface area contributed by atoms with Crippen molar-refractivity contribution in [1.29, 1.82) is 0 Å². The fourth-order valence-corrected chi connectivity index (χ4v) is 1.85. The molecule has 0 aliphatic carbocycles. The molecule has 0 rings (SSSR count). The number of aliphatic hydroxyl groups excluding tert-OH is 1. The SMILES string of the molecule is C=CC(O)CNC(C)(C)CC(C)(C)C. The van der Waals surface area contributed by atoms with Crippen LogP contribution in [-0.2, 0) is 0 Å². The molecule has 0 saturated heterocycles. The molecular weight excluding hydrogens is 174 g/mol. The van der Waals surface area contributed by atoms with Gasteiger partial charge in [0.25, 0.3) is 0 Å². The van der Waals surface area contributed by atoms with Crippen LogP contribution in [0.1, 0.15) is 41.0 Å². The topological polar surface area (TPSA) is 32.3 Å². The lowest BCUT2D eigenvalue weighted by Gasteiger charge is -2.34. The Bertz CT molecular complexity index is 179. The number of aliphatic hydroxyl groups is 1. The van der Waals surface area contributed by atoms with E-state index in [0.717, 1.165) is 6.42 Å². The maximum atomic E-state index is 9.34. The summed E-state index contributed by atoms with van der Waals surface area (Å²) in [6, 6.07) is 0. The summed E-state index contributed by atoms with van der Waals surface area (Å²) in [5, 5.41) is 12.7. The van der Waals surface area contributed by atoms with E-state index in [4.69, 9.17) is 0 Å². The smallest absolute Gasteiger partial charge is 0.0842 e. The van der Waals surface area contributed by atoms with Gasteiger partial charge in [0, 0.05) is 12.1 Å². The van der Waals surface area contributed by atoms with E-state index in [9.17, 15) is 5.11 Å². The van der Waals surface area contributed by atoms with Gasteiger partial charge in [0.05, 0.1) is 6.10 Å². The van der Waals surface area contributed by atoms with Crippen LogP contribution >= 0.6 is 0 Å². The number of hydrogen-bond acceptors (Lipinski definition) is 2. The summed E-state index contributed by atoms with van der Waals surface area (Å²) in [5.74, 6) is 0. The van der Waals surface area contributed by atoms with Gasteiger partial charge in [-0.1, -0.05) is 26.8 Å². The van der Waals surface area contributed by atoms with E-state index < -0.39 is 6.10 Å². The zero-order chi connectivity index (χ0) is 11.4. The van der Waals surface area contributed by atoms with Crippen molar-refractivity contribution < 1.29 is 5.11 Å². The molecule has 0 aliphatic heterocycles. The second-order valence-corrected chi connectivity index (χ2v) is 5.81. The van der Waals surface area contributed by atoms with Gasteiger partial charge in [-0.25, -0.2) is 0 Å². The summed E-state index contributed by atoms with van der Waals surface area (Å²) >= 11 is 0. The van der Waals surface area contributed by atoms with Crippen LogP contribution in [0.5, 0.6) is 0 Å². The van der Waals surface area contributed by atoms with E-state index in [1.165, 1.54) is 0 Å². The van der Waals surface area contributed by atoms with Crippen molar-refractivity contribution in [3.63, 3.8) is 0 Å². The molecule has 0 amide bonds. The average molecular weight is 199 g/mol. The molecule has 0 aromatic rings. The molecule has 0 saturated carbocycles. The van der Waals surface area contributed by atoms with Gasteiger partial charge in [0.1, 0.15) is 0 Å². The molecule has 2 N–H and O–H groups in total. The van der Waals surface area contributed by atoms with Crippen molar-refractivity contribution in [2.45, 2.75) is 52.7 Å². The third-order valence-electron chi connectivity index (χ3n) is 2.03. The van der Waals surface area contributed by atoms with Gasteiger partial charge in [0.2, 0.25) is 0 Å². The monoisotopic (exact) mass is 199 g/mol. The van der Waals surface area contributed by atoms with Crippen molar-refractivity contribution in [3.05, 3.63) is 12.7 Å². The van der Waals surface area contributed by atoms with Crippen molar-refractivity contribution in [1.82, 2.24) is 5.32 Å². The molecule has 0 radical (unpaired) electrons. The zero-order valence-corrected chi connectivity index (χ0v) is 10.2. The second-order valence-electron chi connectivity index (χ2n) is 5.81. The zero-order valence-electron chi connectivity index (χ0n) is 10.2. The Labute approximate surface area is 88.4 Å². The lowest BCUT2D eigenvalue weighted by atomic mass is 9.82. The van der Waals surface area contributed by atoms with E-state index in [2.05, 4.69) is 46.5 Å². The Morgan fingerprint density at radius 2 is 1.79 bits per heavy atom. The maximum absolute atomic E-state index is 9.34. The van der Waals surface area contributed by atoms with Gasteiger partial charge < -0.3 is 10.4 Å². The van der Waals surface area contributed by atoms with Gasteiger partial charge in [-0.05, 0) is 25.7 Å². The quantitative estimate of drug-likeness (QED) is 0.666. The molecule has 84 valence electrons. The first kappa shape index (κ1) is 13.7. The van der Waals surface area contributed by atoms with Gasteiger partial charge in [-0.2, -0.15) is 0 Å². The highest BCUT2D eigenvalue weighted by Gasteiger charge is 2.24. The number of rotatable bonds is 5. The van der Waals surface area contributed by atoms with Gasteiger partial charge in [-0.3, -0.25) is 0 Å². The minimum Gasteiger partial charge on any atom is -0.388 e. The van der Waals surface area contributed by atoms with Crippen LogP contribution in [0.3, 0.4) is 0 Å². The Kier molecular flexibility index (Phi) is 4.82. The molecule has 0 spiro atoms. The second kappa shape index (κ2) is 4.94. The minimum absolute atomic E-state index is 0.0578. The molecule has 2 heteroatoms. The van der Waals surface area contributed by atoms with Crippen LogP contribution in [0.2, 0.25) is 0 Å². The van der Waals surface area contributed by atoms with Gasteiger partial charge >= 0.3 is 0 Å². The molecule has 1 unspecified atom stereocenters. The van der Waals surface area contributed by atoms with Crippen molar-refractivity contribution in [2.75, 3.05) is 6.54 Å². The summed E-state index contributed by atoms with van der Waals surface area (Å²) < 4.78 is 0. The van der Waals surface area contributed by atoms with Crippen LogP contribution in [0.4, 0.5) is 0 Å². The van der Waals surface area contributed by atoms with E-state index in [-0.39, 0.29) is 5.54 Å². The van der Waals surface area contributed by atoms with Crippen LogP contribution in [0.25, 0.3) is 0 Å². The molecule has 0 fully saturated rings. The molecule has 0 bridgehead atoms. The van der Waals surface area contributed by atoms with Crippen LogP contribution in [0.15, 0.2) is 12.7 Å². The number of hydrogen-bond donors (Lipinski definition) is 2. The molecule has 0 heterocycles. The third kappa shape index (κ3) is 7.10. The molecule has 0 aliphatic rings. The van der Waals surface area contributed by atoms with E-state index in [1.54, 1.807) is 6.08 Å². The van der Waals surface area contributed by atoms with Gasteiger partial charge in [-0.15, -0.1) is 6.58 Å². The Morgan fingerprint density at radius 1 is 1.29 bits per heavy atom. The first-order chi connectivity index (χ1) is 6.16. The Hall–Kier alpha value is -0.340. The predicted octanol–water partition coefficient (Wildman–Crippen LogP) is 2.34. The lowest BCUT2D eigenvalue weighted by molar-refractivity contribution is 0.180. The van der Waals surface area contributed by atoms with Crippen LogP contribution in [-0.4, -0.2) is 23.3 Å². The third-order valence-corrected chi connectivity index (χ3v) is 2.03. The van der Waals surface area contributed by atoms with Gasteiger partial charge in [0.15, 0.2) is 0 Å². The largest absolute Gasteiger partial charge is 0.388 e. The normalized spacial score (nSPS) is 15.3. The summed E-state index contributed by atoms with van der Waals surface area (Å²) in [4.78, 5) is 0. The van der Waals surface area contributed by atoms with Crippen LogP contribution in [0, 0.1) is 5.41 Å². The number of nitrogens with one attached hydrogen (secondary N) is 1. The lowest BCUT2D eigenvalue weighted by Crippen LogP contribution is -2.45. The molecular formula is C12H25NO. The number of β-amino-alcohol motifs (C(OH)–C–C–N with tert-alkyl or cyclic N) is 1. The predicted molar refractivity (Wildman–Crippen MR) is 62.4 cm³/mol. The van der Waals surface area contributed by atoms with Crippen molar-refractivity contribution in [3.8, 4) is 0 Å². The fourth-order valence-electron chi connectivity index (χ4n) is 1.85. The summed E-state index contributed by atoms with van der Waals surface area (Å²) in [5.41, 5.74) is 0.359. The summed E-state index contributed by atoms with van der Waals surface area (Å²) in [6.07, 6.45) is 2.18. The molecule has 2 nitrogen and oxygen atoms in total. The van der Waals surface area contributed by atoms with E-state index in [0.29, 0.717) is 12.0 Å². The molecule has 1 atom stereocenters. The van der Waals surface area contributed by atoms with E-state index >= 15 is 0 Å². The average Bonchev–Trinajstić information content (AvgIpc) is 1.96. The fraction of sp³-hybridized carbons (Fsp3) is 0.833. The molecule has 0 aromatic heterocycles. The van der Waals surface area contributed by atoms with Crippen molar-refractivity contribution >= 4 is 0 Å². The first-order valence-corrected chi connectivity index (χ1v) is 5.22. The molecule has 14 heavy (non-hydrogen) atoms. The minimum atomic E-state index is -0.450. The highest BCUT2D eigenvalue weighted by atomic mass is 16.3. The highest BCUT2D eigenvalue weighted by Crippen LogP contribution is 2.26. The highest BCUT2D eigenvalue weighted by molar-refractivity contribution is 4.87. The maximum Gasteiger partial charge on any atom is 0.0842 e.